The van der Waals surface area contributed by atoms with Crippen LogP contribution in [-0.2, 0) is 0 Å². The average Bonchev–Trinajstić information content (AvgIpc) is 2.49. The monoisotopic (exact) mass is 272 g/mol. The number of aldehydes is 1. The molecule has 0 radical (unpaired) electrons. The first-order valence-corrected chi connectivity index (χ1v) is 7.07. The summed E-state index contributed by atoms with van der Waals surface area (Å²) in [6.07, 6.45) is 2.75. The Kier molecular flexibility index (Phi) is 4.99. The Labute approximate surface area is 119 Å². The van der Waals surface area contributed by atoms with Gasteiger partial charge < -0.3 is 9.47 Å². The lowest BCUT2D eigenvalue weighted by Gasteiger charge is -2.13. The molecule has 0 aromatic heterocycles. The number of rotatable bonds is 7. The van der Waals surface area contributed by atoms with Crippen molar-refractivity contribution in [2.45, 2.75) is 26.7 Å². The van der Waals surface area contributed by atoms with Gasteiger partial charge in [-0.15, -0.1) is 0 Å². The molecule has 20 heavy (non-hydrogen) atoms. The summed E-state index contributed by atoms with van der Waals surface area (Å²) < 4.78 is 11.5. The summed E-state index contributed by atoms with van der Waals surface area (Å²) in [7, 11) is 0. The summed E-state index contributed by atoms with van der Waals surface area (Å²) in [6, 6.07) is 9.53. The van der Waals surface area contributed by atoms with Crippen molar-refractivity contribution in [1.82, 2.24) is 0 Å². The fourth-order valence-corrected chi connectivity index (χ4v) is 2.00. The maximum absolute atomic E-state index is 10.9. The molecule has 2 aromatic carbocycles. The minimum absolute atomic E-state index is 0.654. The summed E-state index contributed by atoms with van der Waals surface area (Å²) in [5.74, 6) is 1.52. The van der Waals surface area contributed by atoms with E-state index in [0.717, 1.165) is 41.4 Å². The lowest BCUT2D eigenvalue weighted by atomic mass is 10.1. The van der Waals surface area contributed by atoms with Crippen molar-refractivity contribution in [3.8, 4) is 11.5 Å². The van der Waals surface area contributed by atoms with Crippen molar-refractivity contribution in [3.05, 3.63) is 35.9 Å². The molecule has 0 unspecified atom stereocenters. The van der Waals surface area contributed by atoms with Gasteiger partial charge in [0, 0.05) is 5.56 Å². The Hall–Kier alpha value is -2.03. The van der Waals surface area contributed by atoms with E-state index in [9.17, 15) is 4.79 Å². The van der Waals surface area contributed by atoms with Gasteiger partial charge in [0.1, 0.15) is 6.29 Å². The van der Waals surface area contributed by atoms with Gasteiger partial charge in [-0.1, -0.05) is 26.0 Å². The molecule has 0 amide bonds. The van der Waals surface area contributed by atoms with Crippen molar-refractivity contribution in [2.75, 3.05) is 13.2 Å². The van der Waals surface area contributed by atoms with E-state index in [2.05, 4.69) is 13.8 Å². The first kappa shape index (κ1) is 14.4. The van der Waals surface area contributed by atoms with Crippen LogP contribution in [0.15, 0.2) is 30.3 Å². The molecule has 3 nitrogen and oxygen atoms in total. The van der Waals surface area contributed by atoms with Crippen LogP contribution in [0.2, 0.25) is 0 Å². The van der Waals surface area contributed by atoms with Crippen molar-refractivity contribution in [2.24, 2.45) is 0 Å². The lowest BCUT2D eigenvalue weighted by Crippen LogP contribution is -2.01. The van der Waals surface area contributed by atoms with Gasteiger partial charge in [-0.05, 0) is 41.8 Å². The molecular formula is C17H20O3. The van der Waals surface area contributed by atoms with Crippen LogP contribution >= 0.6 is 0 Å². The predicted octanol–water partition coefficient (Wildman–Crippen LogP) is 4.23. The van der Waals surface area contributed by atoms with E-state index in [1.807, 2.05) is 30.3 Å². The van der Waals surface area contributed by atoms with Crippen molar-refractivity contribution in [3.63, 3.8) is 0 Å². The Balaban J connectivity index is 2.43. The van der Waals surface area contributed by atoms with Crippen LogP contribution in [0, 0.1) is 0 Å². The van der Waals surface area contributed by atoms with Gasteiger partial charge in [0.15, 0.2) is 11.5 Å². The zero-order valence-corrected chi connectivity index (χ0v) is 12.0. The highest BCUT2D eigenvalue weighted by atomic mass is 16.5. The molecule has 2 rings (SSSR count). The number of carbonyl (C=O) groups excluding carboxylic acids is 1. The van der Waals surface area contributed by atoms with Gasteiger partial charge in [0.25, 0.3) is 0 Å². The number of benzene rings is 2. The topological polar surface area (TPSA) is 35.5 Å². The summed E-state index contributed by atoms with van der Waals surface area (Å²) in [5, 5.41) is 2.04. The first-order chi connectivity index (χ1) is 9.78. The predicted molar refractivity (Wildman–Crippen MR) is 80.9 cm³/mol. The maximum Gasteiger partial charge on any atom is 0.161 e. The quantitative estimate of drug-likeness (QED) is 0.707. The Bertz CT molecular complexity index is 590. The summed E-state index contributed by atoms with van der Waals surface area (Å²) >= 11 is 0. The van der Waals surface area contributed by atoms with Gasteiger partial charge in [-0.3, -0.25) is 4.79 Å². The molecule has 0 N–H and O–H groups in total. The third-order valence-electron chi connectivity index (χ3n) is 2.99. The largest absolute Gasteiger partial charge is 0.490 e. The second kappa shape index (κ2) is 6.94. The van der Waals surface area contributed by atoms with Crippen LogP contribution in [-0.4, -0.2) is 19.5 Å². The minimum atomic E-state index is 0.654. The van der Waals surface area contributed by atoms with Crippen LogP contribution in [0.25, 0.3) is 10.8 Å². The van der Waals surface area contributed by atoms with Crippen LogP contribution < -0.4 is 9.47 Å². The highest BCUT2D eigenvalue weighted by Crippen LogP contribution is 2.33. The first-order valence-electron chi connectivity index (χ1n) is 7.07. The average molecular weight is 272 g/mol. The molecule has 0 saturated heterocycles. The molecule has 0 bridgehead atoms. The van der Waals surface area contributed by atoms with E-state index >= 15 is 0 Å². The number of hydrogen-bond acceptors (Lipinski definition) is 3. The van der Waals surface area contributed by atoms with Gasteiger partial charge in [-0.25, -0.2) is 0 Å². The Morgan fingerprint density at radius 1 is 0.900 bits per heavy atom. The SMILES string of the molecule is CCCOc1cc2ccc(C=O)cc2cc1OCCC. The van der Waals surface area contributed by atoms with Gasteiger partial charge in [0.05, 0.1) is 13.2 Å². The molecule has 0 aliphatic rings. The Morgan fingerprint density at radius 2 is 1.50 bits per heavy atom. The third kappa shape index (κ3) is 3.29. The van der Waals surface area contributed by atoms with E-state index in [4.69, 9.17) is 9.47 Å². The van der Waals surface area contributed by atoms with Gasteiger partial charge in [0.2, 0.25) is 0 Å². The van der Waals surface area contributed by atoms with Crippen LogP contribution in [0.5, 0.6) is 11.5 Å². The second-order valence-corrected chi connectivity index (χ2v) is 4.72. The smallest absolute Gasteiger partial charge is 0.161 e. The summed E-state index contributed by atoms with van der Waals surface area (Å²) in [6.45, 7) is 5.46. The molecule has 0 saturated carbocycles. The van der Waals surface area contributed by atoms with Gasteiger partial charge >= 0.3 is 0 Å². The van der Waals surface area contributed by atoms with E-state index < -0.39 is 0 Å². The standard InChI is InChI=1S/C17H20O3/c1-3-7-19-16-10-14-6-5-13(12-18)9-15(14)11-17(16)20-8-4-2/h5-6,9-12H,3-4,7-8H2,1-2H3. The van der Waals surface area contributed by atoms with E-state index in [-0.39, 0.29) is 0 Å². The van der Waals surface area contributed by atoms with Crippen LogP contribution in [0.3, 0.4) is 0 Å². The lowest BCUT2D eigenvalue weighted by molar-refractivity contribution is 0.112. The highest BCUT2D eigenvalue weighted by molar-refractivity contribution is 5.91. The fraction of sp³-hybridized carbons (Fsp3) is 0.353. The van der Waals surface area contributed by atoms with E-state index in [1.165, 1.54) is 0 Å². The molecule has 0 aliphatic heterocycles. The minimum Gasteiger partial charge on any atom is -0.490 e. The van der Waals surface area contributed by atoms with E-state index in [1.54, 1.807) is 0 Å². The van der Waals surface area contributed by atoms with Crippen LogP contribution in [0.4, 0.5) is 0 Å². The molecule has 0 fully saturated rings. The zero-order chi connectivity index (χ0) is 14.4. The number of carbonyl (C=O) groups is 1. The van der Waals surface area contributed by atoms with Crippen molar-refractivity contribution in [1.29, 1.82) is 0 Å². The van der Waals surface area contributed by atoms with Crippen LogP contribution in [0.1, 0.15) is 37.0 Å². The van der Waals surface area contributed by atoms with Crippen molar-refractivity contribution < 1.29 is 14.3 Å². The molecule has 2 aromatic rings. The molecule has 0 atom stereocenters. The molecular weight excluding hydrogens is 252 g/mol. The summed E-state index contributed by atoms with van der Waals surface area (Å²) in [4.78, 5) is 10.9. The maximum atomic E-state index is 10.9. The van der Waals surface area contributed by atoms with Crippen molar-refractivity contribution >= 4 is 17.1 Å². The molecule has 3 heteroatoms. The normalized spacial score (nSPS) is 10.5. The fourth-order valence-electron chi connectivity index (χ4n) is 2.00. The van der Waals surface area contributed by atoms with Gasteiger partial charge in [-0.2, -0.15) is 0 Å². The highest BCUT2D eigenvalue weighted by Gasteiger charge is 2.08. The third-order valence-corrected chi connectivity index (χ3v) is 2.99. The zero-order valence-electron chi connectivity index (χ0n) is 12.0. The van der Waals surface area contributed by atoms with E-state index in [0.29, 0.717) is 18.8 Å². The second-order valence-electron chi connectivity index (χ2n) is 4.72. The number of fused-ring (bicyclic) bond motifs is 1. The molecule has 106 valence electrons. The Morgan fingerprint density at radius 3 is 2.05 bits per heavy atom. The number of ether oxygens (including phenoxy) is 2. The summed E-state index contributed by atoms with van der Waals surface area (Å²) in [5.41, 5.74) is 0.668. The molecule has 0 spiro atoms. The number of hydrogen-bond donors (Lipinski definition) is 0. The molecule has 0 heterocycles. The molecule has 0 aliphatic carbocycles.